The highest BCUT2D eigenvalue weighted by atomic mass is 15.3. The smallest absolute Gasteiger partial charge is 0.0349 e. The topological polar surface area (TPSA) is 21.8 Å². The van der Waals surface area contributed by atoms with Gasteiger partial charge in [-0.1, -0.05) is 159 Å². The Hall–Kier alpha value is -1.20. The van der Waals surface area contributed by atoms with E-state index in [-0.39, 0.29) is 0 Å². The summed E-state index contributed by atoms with van der Waals surface area (Å²) < 4.78 is 0. The van der Waals surface area contributed by atoms with E-state index in [1.165, 1.54) is 193 Å². The molecule has 0 aromatic carbocycles. The fourth-order valence-electron chi connectivity index (χ4n) is 7.70. The van der Waals surface area contributed by atoms with Gasteiger partial charge in [0.05, 0.1) is 0 Å². The number of hydrogen-bond acceptors (Lipinski definition) is 4. The Bertz CT molecular complexity index is 813. The van der Waals surface area contributed by atoms with Crippen LogP contribution in [-0.2, 0) is 0 Å². The standard InChI is InChI=1S/C49H94N4/c1-6-9-11-13-15-17-19-21-23-25-27-29-31-33-35-37-39-48(50-46-49-47-52(41-8-3)43-45-53(49)44-42-51(4)5)40-38-36-34-32-30-28-26-24-22-20-18-16-14-12-10-7-2/h15-18,21-24,48-50H,6-14,19-20,25-47H2,1-5H3/b17-15-,18-16-,23-21-,24-22-. The van der Waals surface area contributed by atoms with Crippen LogP contribution in [0, 0.1) is 0 Å². The lowest BCUT2D eigenvalue weighted by atomic mass is 9.99. The summed E-state index contributed by atoms with van der Waals surface area (Å²) in [5, 5.41) is 4.17. The first-order valence-electron chi connectivity index (χ1n) is 23.5. The summed E-state index contributed by atoms with van der Waals surface area (Å²) in [5.41, 5.74) is 0. The van der Waals surface area contributed by atoms with Crippen LogP contribution in [0.1, 0.15) is 194 Å². The van der Waals surface area contributed by atoms with Gasteiger partial charge in [0.2, 0.25) is 0 Å². The van der Waals surface area contributed by atoms with Gasteiger partial charge in [-0.15, -0.1) is 0 Å². The highest BCUT2D eigenvalue weighted by molar-refractivity contribution is 4.93. The van der Waals surface area contributed by atoms with Crippen LogP contribution in [0.15, 0.2) is 48.6 Å². The number of nitrogens with one attached hydrogen (secondary N) is 1. The summed E-state index contributed by atoms with van der Waals surface area (Å²) in [7, 11) is 4.44. The summed E-state index contributed by atoms with van der Waals surface area (Å²) >= 11 is 0. The summed E-state index contributed by atoms with van der Waals surface area (Å²) in [4.78, 5) is 7.86. The van der Waals surface area contributed by atoms with Gasteiger partial charge < -0.3 is 15.1 Å². The van der Waals surface area contributed by atoms with Crippen molar-refractivity contribution < 1.29 is 0 Å². The van der Waals surface area contributed by atoms with E-state index in [0.29, 0.717) is 12.1 Å². The first-order valence-corrected chi connectivity index (χ1v) is 23.5. The fourth-order valence-corrected chi connectivity index (χ4v) is 7.70. The number of unbranched alkanes of at least 4 members (excludes halogenated alkanes) is 18. The van der Waals surface area contributed by atoms with Crippen molar-refractivity contribution in [1.82, 2.24) is 20.0 Å². The molecule has 1 aliphatic heterocycles. The van der Waals surface area contributed by atoms with Crippen LogP contribution in [0.25, 0.3) is 0 Å². The molecule has 53 heavy (non-hydrogen) atoms. The minimum absolute atomic E-state index is 0.643. The molecular weight excluding hydrogens is 645 g/mol. The van der Waals surface area contributed by atoms with Crippen molar-refractivity contribution in [1.29, 1.82) is 0 Å². The van der Waals surface area contributed by atoms with Crippen molar-refractivity contribution in [2.75, 3.05) is 59.9 Å². The summed E-state index contributed by atoms with van der Waals surface area (Å²) in [6.07, 6.45) is 55.0. The van der Waals surface area contributed by atoms with E-state index >= 15 is 0 Å². The van der Waals surface area contributed by atoms with Crippen LogP contribution in [0.4, 0.5) is 0 Å². The van der Waals surface area contributed by atoms with Crippen LogP contribution < -0.4 is 5.32 Å². The molecule has 0 spiro atoms. The minimum Gasteiger partial charge on any atom is -0.312 e. The average molecular weight is 739 g/mol. The van der Waals surface area contributed by atoms with Crippen molar-refractivity contribution >= 4 is 0 Å². The third kappa shape index (κ3) is 32.7. The molecule has 310 valence electrons. The van der Waals surface area contributed by atoms with Crippen molar-refractivity contribution in [3.8, 4) is 0 Å². The van der Waals surface area contributed by atoms with Crippen LogP contribution >= 0.6 is 0 Å². The van der Waals surface area contributed by atoms with Crippen molar-refractivity contribution in [2.45, 2.75) is 206 Å². The Balaban J connectivity index is 2.38. The zero-order chi connectivity index (χ0) is 38.3. The molecule has 1 saturated heterocycles. The van der Waals surface area contributed by atoms with E-state index in [0.717, 1.165) is 25.9 Å². The Morgan fingerprint density at radius 3 is 1.43 bits per heavy atom. The maximum atomic E-state index is 4.17. The molecule has 0 aromatic heterocycles. The molecule has 0 aliphatic carbocycles. The van der Waals surface area contributed by atoms with Gasteiger partial charge in [0.25, 0.3) is 0 Å². The third-order valence-corrected chi connectivity index (χ3v) is 11.2. The van der Waals surface area contributed by atoms with Crippen LogP contribution in [0.3, 0.4) is 0 Å². The first-order chi connectivity index (χ1) is 26.1. The summed E-state index contributed by atoms with van der Waals surface area (Å²) in [5.74, 6) is 0. The Kier molecular flexibility index (Phi) is 36.7. The molecule has 4 nitrogen and oxygen atoms in total. The maximum Gasteiger partial charge on any atom is 0.0349 e. The molecule has 1 fully saturated rings. The van der Waals surface area contributed by atoms with Crippen molar-refractivity contribution in [3.05, 3.63) is 48.6 Å². The number of piperazine rings is 1. The summed E-state index contributed by atoms with van der Waals surface area (Å²) in [6.45, 7) is 15.4. The predicted molar refractivity (Wildman–Crippen MR) is 240 cm³/mol. The van der Waals surface area contributed by atoms with Crippen LogP contribution in [-0.4, -0.2) is 86.7 Å². The van der Waals surface area contributed by atoms with E-state index in [4.69, 9.17) is 0 Å². The highest BCUT2D eigenvalue weighted by Crippen LogP contribution is 2.17. The first kappa shape index (κ1) is 49.8. The van der Waals surface area contributed by atoms with Gasteiger partial charge in [-0.25, -0.2) is 0 Å². The monoisotopic (exact) mass is 739 g/mol. The Morgan fingerprint density at radius 2 is 0.981 bits per heavy atom. The second kappa shape index (κ2) is 39.1. The molecule has 0 bridgehead atoms. The molecular formula is C49H94N4. The Labute approximate surface area is 333 Å². The molecule has 0 saturated carbocycles. The molecule has 1 N–H and O–H groups in total. The van der Waals surface area contributed by atoms with Gasteiger partial charge >= 0.3 is 0 Å². The van der Waals surface area contributed by atoms with Gasteiger partial charge in [-0.2, -0.15) is 0 Å². The van der Waals surface area contributed by atoms with Crippen LogP contribution in [0.2, 0.25) is 0 Å². The quantitative estimate of drug-likeness (QED) is 0.0503. The van der Waals surface area contributed by atoms with Crippen molar-refractivity contribution in [3.63, 3.8) is 0 Å². The molecule has 1 atom stereocenters. The van der Waals surface area contributed by atoms with E-state index in [9.17, 15) is 0 Å². The molecule has 1 unspecified atom stereocenters. The SMILES string of the molecule is CCCCC/C=C\C/C=C\CCCCCCCCC(CCCCCCCC/C=C\C/C=C\CCCCC)NCC1CN(CCC)CCN1CCN(C)C. The normalized spacial score (nSPS) is 16.4. The van der Waals surface area contributed by atoms with E-state index < -0.39 is 0 Å². The zero-order valence-electron chi connectivity index (χ0n) is 36.7. The molecule has 0 amide bonds. The minimum atomic E-state index is 0.643. The third-order valence-electron chi connectivity index (χ3n) is 11.2. The molecule has 0 aromatic rings. The number of nitrogens with zero attached hydrogens (tertiary/aromatic N) is 3. The lowest BCUT2D eigenvalue weighted by Gasteiger charge is -2.42. The number of allylic oxidation sites excluding steroid dienone is 8. The molecule has 1 heterocycles. The van der Waals surface area contributed by atoms with Crippen LogP contribution in [0.5, 0.6) is 0 Å². The fraction of sp³-hybridized carbons (Fsp3) is 0.837. The van der Waals surface area contributed by atoms with Gasteiger partial charge in [-0.3, -0.25) is 4.90 Å². The van der Waals surface area contributed by atoms with Gasteiger partial charge in [0.15, 0.2) is 0 Å². The van der Waals surface area contributed by atoms with Gasteiger partial charge in [-0.05, 0) is 104 Å². The second-order valence-electron chi connectivity index (χ2n) is 16.6. The van der Waals surface area contributed by atoms with Gasteiger partial charge in [0.1, 0.15) is 0 Å². The molecule has 1 rings (SSSR count). The lowest BCUT2D eigenvalue weighted by molar-refractivity contribution is 0.0669. The average Bonchev–Trinajstić information content (AvgIpc) is 3.15. The molecule has 1 aliphatic rings. The predicted octanol–water partition coefficient (Wildman–Crippen LogP) is 13.3. The van der Waals surface area contributed by atoms with E-state index in [1.807, 2.05) is 0 Å². The number of hydrogen-bond donors (Lipinski definition) is 1. The molecule has 0 radical (unpaired) electrons. The highest BCUT2D eigenvalue weighted by Gasteiger charge is 2.27. The van der Waals surface area contributed by atoms with Gasteiger partial charge in [0, 0.05) is 51.4 Å². The molecule has 4 heteroatoms. The second-order valence-corrected chi connectivity index (χ2v) is 16.6. The van der Waals surface area contributed by atoms with E-state index in [1.54, 1.807) is 0 Å². The van der Waals surface area contributed by atoms with Crippen molar-refractivity contribution in [2.24, 2.45) is 0 Å². The Morgan fingerprint density at radius 1 is 0.528 bits per heavy atom. The summed E-state index contributed by atoms with van der Waals surface area (Å²) in [6, 6.07) is 1.33. The largest absolute Gasteiger partial charge is 0.312 e. The lowest BCUT2D eigenvalue weighted by Crippen LogP contribution is -2.58. The maximum absolute atomic E-state index is 4.17. The number of likely N-dealkylation sites (N-methyl/N-ethyl adjacent to an activating group) is 1. The zero-order valence-corrected chi connectivity index (χ0v) is 36.7. The van der Waals surface area contributed by atoms with E-state index in [2.05, 4.69) is 103 Å². The number of rotatable bonds is 38.